The fourth-order valence-corrected chi connectivity index (χ4v) is 1.09. The number of rotatable bonds is 5. The standard InChI is InChI=1S/C10H14O3/c1-12-8-13-7-10-5-3-2-4-9(10)6-11/h2-5,11H,6-8H2,1H3. The number of benzene rings is 1. The van der Waals surface area contributed by atoms with Gasteiger partial charge in [-0.15, -0.1) is 0 Å². The Morgan fingerprint density at radius 2 is 1.92 bits per heavy atom. The van der Waals surface area contributed by atoms with Crippen molar-refractivity contribution in [2.75, 3.05) is 13.9 Å². The molecule has 3 nitrogen and oxygen atoms in total. The normalized spacial score (nSPS) is 10.3. The topological polar surface area (TPSA) is 38.7 Å². The lowest BCUT2D eigenvalue weighted by atomic mass is 10.1. The summed E-state index contributed by atoms with van der Waals surface area (Å²) < 4.78 is 9.93. The van der Waals surface area contributed by atoms with Gasteiger partial charge in [0, 0.05) is 7.11 Å². The Hall–Kier alpha value is -0.900. The van der Waals surface area contributed by atoms with Crippen LogP contribution in [-0.4, -0.2) is 19.0 Å². The van der Waals surface area contributed by atoms with Gasteiger partial charge in [-0.25, -0.2) is 0 Å². The van der Waals surface area contributed by atoms with E-state index in [0.29, 0.717) is 6.61 Å². The van der Waals surface area contributed by atoms with Crippen LogP contribution in [0.15, 0.2) is 24.3 Å². The maximum absolute atomic E-state index is 8.99. The Morgan fingerprint density at radius 3 is 2.54 bits per heavy atom. The van der Waals surface area contributed by atoms with Crippen molar-refractivity contribution in [1.29, 1.82) is 0 Å². The molecule has 13 heavy (non-hydrogen) atoms. The number of hydrogen-bond donors (Lipinski definition) is 1. The highest BCUT2D eigenvalue weighted by molar-refractivity contribution is 5.25. The molecule has 72 valence electrons. The molecule has 0 amide bonds. The van der Waals surface area contributed by atoms with E-state index in [0.717, 1.165) is 11.1 Å². The summed E-state index contributed by atoms with van der Waals surface area (Å²) in [4.78, 5) is 0. The quantitative estimate of drug-likeness (QED) is 0.551. The molecule has 0 spiro atoms. The van der Waals surface area contributed by atoms with Gasteiger partial charge in [-0.3, -0.25) is 0 Å². The zero-order valence-corrected chi connectivity index (χ0v) is 7.69. The molecule has 0 atom stereocenters. The molecule has 1 aromatic carbocycles. The van der Waals surface area contributed by atoms with Gasteiger partial charge in [0.25, 0.3) is 0 Å². The monoisotopic (exact) mass is 182 g/mol. The molecule has 0 unspecified atom stereocenters. The van der Waals surface area contributed by atoms with Crippen LogP contribution < -0.4 is 0 Å². The Balaban J connectivity index is 2.54. The third-order valence-corrected chi connectivity index (χ3v) is 1.75. The molecular formula is C10H14O3. The van der Waals surface area contributed by atoms with E-state index in [1.165, 1.54) is 0 Å². The molecule has 1 rings (SSSR count). The fraction of sp³-hybridized carbons (Fsp3) is 0.400. The van der Waals surface area contributed by atoms with Crippen molar-refractivity contribution in [2.24, 2.45) is 0 Å². The zero-order chi connectivity index (χ0) is 9.52. The van der Waals surface area contributed by atoms with Crippen molar-refractivity contribution in [3.63, 3.8) is 0 Å². The first-order chi connectivity index (χ1) is 6.38. The molecule has 0 aliphatic heterocycles. The summed E-state index contributed by atoms with van der Waals surface area (Å²) in [5.74, 6) is 0. The smallest absolute Gasteiger partial charge is 0.146 e. The third-order valence-electron chi connectivity index (χ3n) is 1.75. The summed E-state index contributed by atoms with van der Waals surface area (Å²) in [6.45, 7) is 0.802. The number of aliphatic hydroxyl groups excluding tert-OH is 1. The number of methoxy groups -OCH3 is 1. The van der Waals surface area contributed by atoms with E-state index in [2.05, 4.69) is 0 Å². The van der Waals surface area contributed by atoms with Gasteiger partial charge in [0.2, 0.25) is 0 Å². The molecule has 0 heterocycles. The molecular weight excluding hydrogens is 168 g/mol. The zero-order valence-electron chi connectivity index (χ0n) is 7.69. The number of ether oxygens (including phenoxy) is 2. The molecule has 1 N–H and O–H groups in total. The van der Waals surface area contributed by atoms with E-state index in [-0.39, 0.29) is 13.4 Å². The summed E-state index contributed by atoms with van der Waals surface area (Å²) in [7, 11) is 1.58. The second-order valence-corrected chi connectivity index (χ2v) is 2.68. The van der Waals surface area contributed by atoms with E-state index >= 15 is 0 Å². The average molecular weight is 182 g/mol. The highest BCUT2D eigenvalue weighted by Crippen LogP contribution is 2.09. The van der Waals surface area contributed by atoms with Crippen LogP contribution in [-0.2, 0) is 22.7 Å². The first-order valence-electron chi connectivity index (χ1n) is 4.12. The molecule has 0 aliphatic carbocycles. The highest BCUT2D eigenvalue weighted by Gasteiger charge is 1.99. The van der Waals surface area contributed by atoms with Crippen molar-refractivity contribution >= 4 is 0 Å². The van der Waals surface area contributed by atoms with Gasteiger partial charge in [0.05, 0.1) is 13.2 Å². The minimum Gasteiger partial charge on any atom is -0.392 e. The Morgan fingerprint density at radius 1 is 1.23 bits per heavy atom. The van der Waals surface area contributed by atoms with Crippen molar-refractivity contribution in [2.45, 2.75) is 13.2 Å². The molecule has 0 saturated heterocycles. The molecule has 0 radical (unpaired) electrons. The predicted molar refractivity (Wildman–Crippen MR) is 49.0 cm³/mol. The van der Waals surface area contributed by atoms with Crippen molar-refractivity contribution in [3.05, 3.63) is 35.4 Å². The van der Waals surface area contributed by atoms with Crippen LogP contribution in [0.4, 0.5) is 0 Å². The molecule has 3 heteroatoms. The van der Waals surface area contributed by atoms with Crippen LogP contribution >= 0.6 is 0 Å². The van der Waals surface area contributed by atoms with Gasteiger partial charge >= 0.3 is 0 Å². The van der Waals surface area contributed by atoms with Crippen LogP contribution in [0.5, 0.6) is 0 Å². The maximum atomic E-state index is 8.99. The van der Waals surface area contributed by atoms with Gasteiger partial charge in [-0.2, -0.15) is 0 Å². The molecule has 0 aromatic heterocycles. The first kappa shape index (κ1) is 10.2. The van der Waals surface area contributed by atoms with Gasteiger partial charge in [-0.1, -0.05) is 24.3 Å². The average Bonchev–Trinajstić information content (AvgIpc) is 2.19. The van der Waals surface area contributed by atoms with E-state index in [4.69, 9.17) is 14.6 Å². The molecule has 0 aliphatic rings. The van der Waals surface area contributed by atoms with Crippen LogP contribution in [0.1, 0.15) is 11.1 Å². The Labute approximate surface area is 77.9 Å². The minimum atomic E-state index is 0.0481. The first-order valence-corrected chi connectivity index (χ1v) is 4.12. The van der Waals surface area contributed by atoms with E-state index in [1.807, 2.05) is 24.3 Å². The van der Waals surface area contributed by atoms with Crippen LogP contribution in [0.3, 0.4) is 0 Å². The lowest BCUT2D eigenvalue weighted by Gasteiger charge is -2.06. The van der Waals surface area contributed by atoms with Crippen molar-refractivity contribution in [3.8, 4) is 0 Å². The fourth-order valence-electron chi connectivity index (χ4n) is 1.09. The second-order valence-electron chi connectivity index (χ2n) is 2.68. The maximum Gasteiger partial charge on any atom is 0.146 e. The van der Waals surface area contributed by atoms with E-state index in [1.54, 1.807) is 7.11 Å². The minimum absolute atomic E-state index is 0.0481. The van der Waals surface area contributed by atoms with E-state index in [9.17, 15) is 0 Å². The number of hydrogen-bond acceptors (Lipinski definition) is 3. The van der Waals surface area contributed by atoms with Crippen molar-refractivity contribution < 1.29 is 14.6 Å². The Kier molecular flexibility index (Phi) is 4.46. The predicted octanol–water partition coefficient (Wildman–Crippen LogP) is 1.30. The van der Waals surface area contributed by atoms with Gasteiger partial charge < -0.3 is 14.6 Å². The van der Waals surface area contributed by atoms with Crippen LogP contribution in [0.2, 0.25) is 0 Å². The highest BCUT2D eigenvalue weighted by atomic mass is 16.7. The largest absolute Gasteiger partial charge is 0.392 e. The van der Waals surface area contributed by atoms with Gasteiger partial charge in [0.15, 0.2) is 0 Å². The summed E-state index contributed by atoms with van der Waals surface area (Å²) in [5, 5.41) is 8.99. The molecule has 0 bridgehead atoms. The van der Waals surface area contributed by atoms with Crippen LogP contribution in [0, 0.1) is 0 Å². The summed E-state index contributed by atoms with van der Waals surface area (Å²) in [6, 6.07) is 7.63. The summed E-state index contributed by atoms with van der Waals surface area (Å²) in [6.07, 6.45) is 0. The molecule has 0 fully saturated rings. The SMILES string of the molecule is COCOCc1ccccc1CO. The lowest BCUT2D eigenvalue weighted by Crippen LogP contribution is -2.00. The van der Waals surface area contributed by atoms with Gasteiger partial charge in [0.1, 0.15) is 6.79 Å². The Bertz CT molecular complexity index is 248. The summed E-state index contributed by atoms with van der Waals surface area (Å²) in [5.41, 5.74) is 1.90. The molecule has 1 aromatic rings. The van der Waals surface area contributed by atoms with E-state index < -0.39 is 0 Å². The second kappa shape index (κ2) is 5.70. The van der Waals surface area contributed by atoms with Crippen LogP contribution in [0.25, 0.3) is 0 Å². The molecule has 0 saturated carbocycles. The third kappa shape index (κ3) is 3.14. The summed E-state index contributed by atoms with van der Waals surface area (Å²) >= 11 is 0. The van der Waals surface area contributed by atoms with Gasteiger partial charge in [-0.05, 0) is 11.1 Å². The van der Waals surface area contributed by atoms with Crippen molar-refractivity contribution in [1.82, 2.24) is 0 Å². The number of aliphatic hydroxyl groups is 1. The lowest BCUT2D eigenvalue weighted by molar-refractivity contribution is -0.0394.